The largest absolute Gasteiger partial charge is 0.469 e. The zero-order chi connectivity index (χ0) is 13.9. The summed E-state index contributed by atoms with van der Waals surface area (Å²) in [4.78, 5) is 15.6. The van der Waals surface area contributed by atoms with Gasteiger partial charge in [-0.3, -0.25) is 9.78 Å². The van der Waals surface area contributed by atoms with Crippen molar-refractivity contribution in [3.63, 3.8) is 0 Å². The Balaban J connectivity index is 2.50. The standard InChI is InChI=1S/C15H18N2O2/c1-19-15(18)14(8-2-3-10-16)9-4-6-13-7-5-11-17-12-13/h4-7,11-12,14H,2-3,8-9H2,1H3. The first-order chi connectivity index (χ1) is 9.27. The van der Waals surface area contributed by atoms with E-state index in [1.165, 1.54) is 7.11 Å². The number of methoxy groups -OCH3 is 1. The van der Waals surface area contributed by atoms with Gasteiger partial charge in [-0.05, 0) is 30.9 Å². The van der Waals surface area contributed by atoms with Crippen LogP contribution in [0, 0.1) is 17.2 Å². The van der Waals surface area contributed by atoms with E-state index in [1.807, 2.05) is 24.3 Å². The van der Waals surface area contributed by atoms with Crippen LogP contribution in [0.25, 0.3) is 6.08 Å². The molecule has 0 amide bonds. The Hall–Kier alpha value is -2.15. The van der Waals surface area contributed by atoms with E-state index in [2.05, 4.69) is 11.1 Å². The minimum atomic E-state index is -0.214. The average molecular weight is 258 g/mol. The van der Waals surface area contributed by atoms with Crippen molar-refractivity contribution in [1.29, 1.82) is 5.26 Å². The molecule has 1 heterocycles. The molecule has 0 bridgehead atoms. The summed E-state index contributed by atoms with van der Waals surface area (Å²) in [6.07, 6.45) is 9.86. The second kappa shape index (κ2) is 8.87. The Morgan fingerprint density at radius 3 is 3.11 bits per heavy atom. The number of esters is 1. The fourth-order valence-electron chi connectivity index (χ4n) is 1.77. The number of nitrogens with zero attached hydrogens (tertiary/aromatic N) is 2. The van der Waals surface area contributed by atoms with Crippen LogP contribution in [-0.4, -0.2) is 18.1 Å². The lowest BCUT2D eigenvalue weighted by molar-refractivity contribution is -0.145. The van der Waals surface area contributed by atoms with Gasteiger partial charge in [0.05, 0.1) is 19.1 Å². The molecule has 0 N–H and O–H groups in total. The quantitative estimate of drug-likeness (QED) is 0.557. The van der Waals surface area contributed by atoms with Crippen LogP contribution in [0.2, 0.25) is 0 Å². The minimum Gasteiger partial charge on any atom is -0.469 e. The molecular weight excluding hydrogens is 240 g/mol. The lowest BCUT2D eigenvalue weighted by Crippen LogP contribution is -2.15. The summed E-state index contributed by atoms with van der Waals surface area (Å²) < 4.78 is 4.78. The number of rotatable bonds is 7. The molecular formula is C15H18N2O2. The van der Waals surface area contributed by atoms with Crippen LogP contribution in [0.3, 0.4) is 0 Å². The van der Waals surface area contributed by atoms with Gasteiger partial charge >= 0.3 is 5.97 Å². The van der Waals surface area contributed by atoms with Gasteiger partial charge in [-0.2, -0.15) is 5.26 Å². The van der Waals surface area contributed by atoms with Crippen LogP contribution in [0.15, 0.2) is 30.6 Å². The van der Waals surface area contributed by atoms with Gasteiger partial charge in [0.2, 0.25) is 0 Å². The van der Waals surface area contributed by atoms with E-state index in [1.54, 1.807) is 12.4 Å². The summed E-state index contributed by atoms with van der Waals surface area (Å²) in [5, 5.41) is 8.51. The lowest BCUT2D eigenvalue weighted by atomic mass is 9.98. The second-order valence-electron chi connectivity index (χ2n) is 4.19. The van der Waals surface area contributed by atoms with E-state index in [4.69, 9.17) is 10.00 Å². The maximum absolute atomic E-state index is 11.6. The fourth-order valence-corrected chi connectivity index (χ4v) is 1.77. The van der Waals surface area contributed by atoms with Crippen molar-refractivity contribution in [3.05, 3.63) is 36.2 Å². The number of unbranched alkanes of at least 4 members (excludes halogenated alkanes) is 1. The zero-order valence-corrected chi connectivity index (χ0v) is 11.1. The Kier molecular flexibility index (Phi) is 6.96. The molecule has 0 saturated carbocycles. The van der Waals surface area contributed by atoms with Gasteiger partial charge in [0, 0.05) is 18.8 Å². The van der Waals surface area contributed by atoms with E-state index in [0.717, 1.165) is 12.0 Å². The molecule has 0 radical (unpaired) electrons. The van der Waals surface area contributed by atoms with Crippen molar-refractivity contribution in [2.75, 3.05) is 7.11 Å². The molecule has 0 spiro atoms. The summed E-state index contributed by atoms with van der Waals surface area (Å²) in [7, 11) is 1.39. The molecule has 0 aliphatic heterocycles. The summed E-state index contributed by atoms with van der Waals surface area (Å²) in [5.74, 6) is -0.389. The van der Waals surface area contributed by atoms with Gasteiger partial charge in [-0.1, -0.05) is 18.2 Å². The van der Waals surface area contributed by atoms with E-state index >= 15 is 0 Å². The van der Waals surface area contributed by atoms with Crippen LogP contribution < -0.4 is 0 Å². The van der Waals surface area contributed by atoms with Crippen LogP contribution in [0.4, 0.5) is 0 Å². The van der Waals surface area contributed by atoms with Crippen molar-refractivity contribution in [1.82, 2.24) is 4.98 Å². The molecule has 4 heteroatoms. The Morgan fingerprint density at radius 2 is 2.47 bits per heavy atom. The number of allylic oxidation sites excluding steroid dienone is 1. The zero-order valence-electron chi connectivity index (χ0n) is 11.1. The summed E-state index contributed by atoms with van der Waals surface area (Å²) >= 11 is 0. The highest BCUT2D eigenvalue weighted by atomic mass is 16.5. The van der Waals surface area contributed by atoms with Crippen molar-refractivity contribution in [2.45, 2.75) is 25.7 Å². The number of ether oxygens (including phenoxy) is 1. The molecule has 19 heavy (non-hydrogen) atoms. The number of hydrogen-bond acceptors (Lipinski definition) is 4. The SMILES string of the molecule is COC(=O)C(CC=Cc1cccnc1)CCCC#N. The molecule has 0 aliphatic carbocycles. The van der Waals surface area contributed by atoms with Gasteiger partial charge in [-0.15, -0.1) is 0 Å². The normalized spacial score (nSPS) is 12.0. The van der Waals surface area contributed by atoms with E-state index in [9.17, 15) is 4.79 Å². The van der Waals surface area contributed by atoms with Gasteiger partial charge in [-0.25, -0.2) is 0 Å². The van der Waals surface area contributed by atoms with Crippen molar-refractivity contribution < 1.29 is 9.53 Å². The molecule has 1 unspecified atom stereocenters. The highest BCUT2D eigenvalue weighted by molar-refractivity contribution is 5.72. The Bertz CT molecular complexity index is 449. The highest BCUT2D eigenvalue weighted by Crippen LogP contribution is 2.16. The second-order valence-corrected chi connectivity index (χ2v) is 4.19. The molecule has 0 aliphatic rings. The molecule has 0 aromatic carbocycles. The van der Waals surface area contributed by atoms with Crippen LogP contribution in [0.5, 0.6) is 0 Å². The first-order valence-electron chi connectivity index (χ1n) is 6.29. The van der Waals surface area contributed by atoms with Gasteiger partial charge in [0.1, 0.15) is 0 Å². The first-order valence-corrected chi connectivity index (χ1v) is 6.29. The third kappa shape index (κ3) is 5.82. The third-order valence-corrected chi connectivity index (χ3v) is 2.79. The molecule has 100 valence electrons. The first kappa shape index (κ1) is 14.9. The number of pyridine rings is 1. The molecule has 1 rings (SSSR count). The van der Waals surface area contributed by atoms with Crippen molar-refractivity contribution in [3.8, 4) is 6.07 Å². The van der Waals surface area contributed by atoms with Gasteiger partial charge < -0.3 is 4.74 Å². The maximum atomic E-state index is 11.6. The highest BCUT2D eigenvalue weighted by Gasteiger charge is 2.16. The topological polar surface area (TPSA) is 63.0 Å². The summed E-state index contributed by atoms with van der Waals surface area (Å²) in [6, 6.07) is 5.90. The number of carbonyl (C=O) groups is 1. The fraction of sp³-hybridized carbons (Fsp3) is 0.400. The average Bonchev–Trinajstić information content (AvgIpc) is 2.46. The van der Waals surface area contributed by atoms with Crippen molar-refractivity contribution in [2.24, 2.45) is 5.92 Å². The third-order valence-electron chi connectivity index (χ3n) is 2.79. The van der Waals surface area contributed by atoms with E-state index in [-0.39, 0.29) is 11.9 Å². The van der Waals surface area contributed by atoms with E-state index < -0.39 is 0 Å². The molecule has 0 saturated heterocycles. The molecule has 1 aromatic rings. The van der Waals surface area contributed by atoms with Crippen LogP contribution in [-0.2, 0) is 9.53 Å². The molecule has 0 fully saturated rings. The number of nitriles is 1. The number of hydrogen-bond donors (Lipinski definition) is 0. The predicted octanol–water partition coefficient (Wildman–Crippen LogP) is 2.97. The smallest absolute Gasteiger partial charge is 0.308 e. The lowest BCUT2D eigenvalue weighted by Gasteiger charge is -2.11. The number of aromatic nitrogens is 1. The monoisotopic (exact) mass is 258 g/mol. The van der Waals surface area contributed by atoms with Crippen molar-refractivity contribution >= 4 is 12.0 Å². The van der Waals surface area contributed by atoms with Gasteiger partial charge in [0.15, 0.2) is 0 Å². The van der Waals surface area contributed by atoms with Crippen LogP contribution in [0.1, 0.15) is 31.2 Å². The Labute approximate surface area is 113 Å². The Morgan fingerprint density at radius 1 is 1.63 bits per heavy atom. The minimum absolute atomic E-state index is 0.175. The molecule has 1 atom stereocenters. The maximum Gasteiger partial charge on any atom is 0.308 e. The van der Waals surface area contributed by atoms with Crippen LogP contribution >= 0.6 is 0 Å². The predicted molar refractivity (Wildman–Crippen MR) is 72.9 cm³/mol. The van der Waals surface area contributed by atoms with E-state index in [0.29, 0.717) is 19.3 Å². The number of carbonyl (C=O) groups excluding carboxylic acids is 1. The summed E-state index contributed by atoms with van der Waals surface area (Å²) in [5.41, 5.74) is 1.00. The summed E-state index contributed by atoms with van der Waals surface area (Å²) in [6.45, 7) is 0. The van der Waals surface area contributed by atoms with Gasteiger partial charge in [0.25, 0.3) is 0 Å². The molecule has 4 nitrogen and oxygen atoms in total. The molecule has 1 aromatic heterocycles.